The van der Waals surface area contributed by atoms with E-state index >= 15 is 0 Å². The van der Waals surface area contributed by atoms with Gasteiger partial charge >= 0.3 is 12.1 Å². The van der Waals surface area contributed by atoms with Crippen LogP contribution >= 0.6 is 0 Å². The lowest BCUT2D eigenvalue weighted by atomic mass is 9.92. The van der Waals surface area contributed by atoms with Gasteiger partial charge in [-0.15, -0.1) is 0 Å². The first-order valence-electron chi connectivity index (χ1n) is 8.83. The molecule has 0 amide bonds. The molecule has 0 aliphatic rings. The van der Waals surface area contributed by atoms with Gasteiger partial charge in [-0.2, -0.15) is 13.2 Å². The number of ether oxygens (including phenoxy) is 1. The van der Waals surface area contributed by atoms with E-state index in [-0.39, 0.29) is 29.7 Å². The normalized spacial score (nSPS) is 13.6. The second-order valence-electron chi connectivity index (χ2n) is 6.54. The minimum Gasteiger partial charge on any atom is -0.463 e. The third kappa shape index (κ3) is 3.62. The molecular weight excluding hydrogens is 404 g/mol. The van der Waals surface area contributed by atoms with Crippen molar-refractivity contribution in [3.8, 4) is 0 Å². The highest BCUT2D eigenvalue weighted by atomic mass is 19.4. The van der Waals surface area contributed by atoms with Crippen molar-refractivity contribution in [2.75, 3.05) is 6.61 Å². The number of benzene rings is 2. The lowest BCUT2D eigenvalue weighted by molar-refractivity contribution is -0.267. The zero-order chi connectivity index (χ0) is 22.1. The summed E-state index contributed by atoms with van der Waals surface area (Å²) in [7, 11) is 0. The van der Waals surface area contributed by atoms with E-state index in [0.717, 1.165) is 6.20 Å². The van der Waals surface area contributed by atoms with Crippen LogP contribution in [-0.4, -0.2) is 28.4 Å². The molecule has 3 rings (SSSR count). The van der Waals surface area contributed by atoms with Gasteiger partial charge in [0.25, 0.3) is 5.60 Å². The van der Waals surface area contributed by atoms with E-state index < -0.39 is 29.1 Å². The number of halogens is 4. The molecule has 0 bridgehead atoms. The Kier molecular flexibility index (Phi) is 5.55. The highest BCUT2D eigenvalue weighted by molar-refractivity contribution is 5.94. The first-order chi connectivity index (χ1) is 14.1. The van der Waals surface area contributed by atoms with Crippen LogP contribution in [0.3, 0.4) is 0 Å². The topological polar surface area (TPSA) is 55.8 Å². The summed E-state index contributed by atoms with van der Waals surface area (Å²) in [5.41, 5.74) is -3.86. The molecular formula is C21H16F4N2O3. The van der Waals surface area contributed by atoms with Crippen molar-refractivity contribution in [1.82, 2.24) is 4.57 Å². The van der Waals surface area contributed by atoms with Crippen molar-refractivity contribution in [3.63, 3.8) is 0 Å². The lowest BCUT2D eigenvalue weighted by Gasteiger charge is -2.27. The minimum absolute atomic E-state index is 0.0491. The van der Waals surface area contributed by atoms with Crippen LogP contribution in [0.5, 0.6) is 0 Å². The Morgan fingerprint density at radius 2 is 1.97 bits per heavy atom. The van der Waals surface area contributed by atoms with Crippen LogP contribution < -0.4 is 0 Å². The Bertz CT molecular complexity index is 1150. The first-order valence-corrected chi connectivity index (χ1v) is 8.83. The van der Waals surface area contributed by atoms with Gasteiger partial charge in [0.05, 0.1) is 13.2 Å². The number of carbonyl (C=O) groups is 1. The third-order valence-electron chi connectivity index (χ3n) is 4.61. The predicted molar refractivity (Wildman–Crippen MR) is 100 cm³/mol. The fraction of sp³-hybridized carbons (Fsp3) is 0.238. The van der Waals surface area contributed by atoms with Crippen molar-refractivity contribution >= 4 is 22.6 Å². The van der Waals surface area contributed by atoms with E-state index in [2.05, 4.69) is 9.58 Å². The molecule has 0 aliphatic heterocycles. The Morgan fingerprint density at radius 3 is 2.57 bits per heavy atom. The second kappa shape index (κ2) is 7.80. The molecule has 0 spiro atoms. The first kappa shape index (κ1) is 21.3. The van der Waals surface area contributed by atoms with Gasteiger partial charge in [-0.1, -0.05) is 24.3 Å². The Hall–Kier alpha value is -3.38. The number of esters is 1. The summed E-state index contributed by atoms with van der Waals surface area (Å²) in [5, 5.41) is 10.5. The number of aromatic nitrogens is 1. The van der Waals surface area contributed by atoms with Gasteiger partial charge in [0.1, 0.15) is 5.82 Å². The number of alkyl halides is 3. The zero-order valence-electron chi connectivity index (χ0n) is 15.7. The quantitative estimate of drug-likeness (QED) is 0.370. The molecule has 1 heterocycles. The molecule has 0 radical (unpaired) electrons. The number of carbonyl (C=O) groups excluding carboxylic acids is 1. The average molecular weight is 420 g/mol. The smallest absolute Gasteiger partial charge is 0.432 e. The van der Waals surface area contributed by atoms with Crippen LogP contribution in [-0.2, 0) is 21.7 Å². The summed E-state index contributed by atoms with van der Waals surface area (Å²) < 4.78 is 61.0. The van der Waals surface area contributed by atoms with Gasteiger partial charge in [-0.05, 0) is 30.7 Å². The Labute approximate surface area is 168 Å². The van der Waals surface area contributed by atoms with Crippen LogP contribution in [0.2, 0.25) is 0 Å². The maximum atomic E-state index is 13.9. The standard InChI is InChI=1S/C21H16F4N2O3/c1-3-30-19(28)20(29,21(23,24)25)17-12-27(11-13-5-4-6-14(22)9-13)18-10-15(26-2)7-8-16(17)18/h4-10,12,29H,3,11H2,1H3. The molecule has 0 saturated heterocycles. The van der Waals surface area contributed by atoms with E-state index in [1.807, 2.05) is 0 Å². The van der Waals surface area contributed by atoms with Crippen LogP contribution in [0, 0.1) is 12.4 Å². The van der Waals surface area contributed by atoms with Gasteiger partial charge in [0, 0.05) is 29.2 Å². The van der Waals surface area contributed by atoms with Gasteiger partial charge in [0.15, 0.2) is 5.69 Å². The molecule has 0 aliphatic carbocycles. The molecule has 1 N–H and O–H groups in total. The number of nitrogens with zero attached hydrogens (tertiary/aromatic N) is 2. The highest BCUT2D eigenvalue weighted by Gasteiger charge is 2.63. The molecule has 1 atom stereocenters. The molecule has 2 aromatic carbocycles. The molecule has 5 nitrogen and oxygen atoms in total. The van der Waals surface area contributed by atoms with Crippen LogP contribution in [0.25, 0.3) is 15.7 Å². The van der Waals surface area contributed by atoms with Crippen molar-refractivity contribution in [1.29, 1.82) is 0 Å². The van der Waals surface area contributed by atoms with Crippen molar-refractivity contribution in [2.45, 2.75) is 25.2 Å². The number of aliphatic hydroxyl groups is 1. The van der Waals surface area contributed by atoms with E-state index in [4.69, 9.17) is 6.57 Å². The fourth-order valence-corrected chi connectivity index (χ4v) is 3.21. The third-order valence-corrected chi connectivity index (χ3v) is 4.61. The molecule has 3 aromatic rings. The lowest BCUT2D eigenvalue weighted by Crippen LogP contribution is -2.50. The summed E-state index contributed by atoms with van der Waals surface area (Å²) in [4.78, 5) is 15.5. The van der Waals surface area contributed by atoms with Crippen molar-refractivity contribution in [2.24, 2.45) is 0 Å². The predicted octanol–water partition coefficient (Wildman–Crippen LogP) is 4.69. The highest BCUT2D eigenvalue weighted by Crippen LogP contribution is 2.44. The summed E-state index contributed by atoms with van der Waals surface area (Å²) in [5.74, 6) is -2.37. The summed E-state index contributed by atoms with van der Waals surface area (Å²) in [6.45, 7) is 8.07. The molecule has 30 heavy (non-hydrogen) atoms. The SMILES string of the molecule is [C-]#[N+]c1ccc2c(C(O)(C(=O)OCC)C(F)(F)F)cn(Cc3cccc(F)c3)c2c1. The summed E-state index contributed by atoms with van der Waals surface area (Å²) in [6.07, 6.45) is -4.39. The van der Waals surface area contributed by atoms with Gasteiger partial charge < -0.3 is 14.4 Å². The van der Waals surface area contributed by atoms with E-state index in [1.165, 1.54) is 47.9 Å². The van der Waals surface area contributed by atoms with Crippen LogP contribution in [0.15, 0.2) is 48.7 Å². The average Bonchev–Trinajstić information content (AvgIpc) is 3.04. The number of rotatable bonds is 5. The van der Waals surface area contributed by atoms with Gasteiger partial charge in [-0.25, -0.2) is 14.0 Å². The number of hydrogen-bond acceptors (Lipinski definition) is 3. The number of hydrogen-bond donors (Lipinski definition) is 1. The van der Waals surface area contributed by atoms with Crippen LogP contribution in [0.4, 0.5) is 23.2 Å². The van der Waals surface area contributed by atoms with E-state index in [0.29, 0.717) is 5.56 Å². The Balaban J connectivity index is 2.27. The summed E-state index contributed by atoms with van der Waals surface area (Å²) in [6, 6.07) is 9.33. The molecule has 156 valence electrons. The largest absolute Gasteiger partial charge is 0.463 e. The van der Waals surface area contributed by atoms with Crippen molar-refractivity contribution in [3.05, 3.63) is 77.0 Å². The fourth-order valence-electron chi connectivity index (χ4n) is 3.21. The zero-order valence-corrected chi connectivity index (χ0v) is 15.7. The van der Waals surface area contributed by atoms with E-state index in [1.54, 1.807) is 6.07 Å². The van der Waals surface area contributed by atoms with Crippen LogP contribution in [0.1, 0.15) is 18.1 Å². The minimum atomic E-state index is -5.37. The maximum absolute atomic E-state index is 13.9. The molecule has 0 saturated carbocycles. The monoisotopic (exact) mass is 420 g/mol. The molecule has 1 aromatic heterocycles. The van der Waals surface area contributed by atoms with Crippen molar-refractivity contribution < 1.29 is 32.2 Å². The molecule has 0 fully saturated rings. The van der Waals surface area contributed by atoms with E-state index in [9.17, 15) is 27.5 Å². The Morgan fingerprint density at radius 1 is 1.23 bits per heavy atom. The molecule has 1 unspecified atom stereocenters. The molecule has 9 heteroatoms. The van der Waals surface area contributed by atoms with Gasteiger partial charge in [-0.3, -0.25) is 0 Å². The second-order valence-corrected chi connectivity index (χ2v) is 6.54. The number of fused-ring (bicyclic) bond motifs is 1. The summed E-state index contributed by atoms with van der Waals surface area (Å²) >= 11 is 0. The maximum Gasteiger partial charge on any atom is 0.432 e. The van der Waals surface area contributed by atoms with Gasteiger partial charge in [0.2, 0.25) is 0 Å².